The van der Waals surface area contributed by atoms with Gasteiger partial charge in [-0.3, -0.25) is 4.84 Å². The fourth-order valence-electron chi connectivity index (χ4n) is 5.75. The molecule has 2 aliphatic rings. The van der Waals surface area contributed by atoms with E-state index >= 15 is 0 Å². The van der Waals surface area contributed by atoms with Gasteiger partial charge in [-0.25, -0.2) is 9.97 Å². The number of aliphatic hydroxyl groups is 1. The van der Waals surface area contributed by atoms with Crippen LogP contribution in [-0.4, -0.2) is 61.5 Å². The molecule has 1 aliphatic carbocycles. The van der Waals surface area contributed by atoms with Crippen LogP contribution in [0.4, 0.5) is 11.9 Å². The number of aliphatic hydroxyl groups excluding tert-OH is 1. The fraction of sp³-hybridized carbons (Fsp3) is 0.875. The zero-order chi connectivity index (χ0) is 23.2. The SMILES string of the molecule is CCCC(Nc1ncnc(NCCO)n1)C1CC(C)(C)N(OC2CCCCC2)C(C)(C)C1. The quantitative estimate of drug-likeness (QED) is 0.485. The molecule has 1 saturated heterocycles. The van der Waals surface area contributed by atoms with E-state index in [1.165, 1.54) is 38.4 Å². The van der Waals surface area contributed by atoms with Crippen molar-refractivity contribution in [3.63, 3.8) is 0 Å². The molecule has 32 heavy (non-hydrogen) atoms. The molecule has 8 heteroatoms. The first-order valence-electron chi connectivity index (χ1n) is 12.5. The second-order valence-corrected chi connectivity index (χ2v) is 10.8. The molecule has 0 aromatic carbocycles. The molecule has 1 aromatic heterocycles. The maximum Gasteiger partial charge on any atom is 0.227 e. The van der Waals surface area contributed by atoms with Gasteiger partial charge in [-0.1, -0.05) is 32.6 Å². The lowest BCUT2D eigenvalue weighted by molar-refractivity contribution is -0.314. The van der Waals surface area contributed by atoms with E-state index in [1.54, 1.807) is 0 Å². The Kier molecular flexibility index (Phi) is 8.69. The Labute approximate surface area is 193 Å². The summed E-state index contributed by atoms with van der Waals surface area (Å²) in [7, 11) is 0. The third-order valence-corrected chi connectivity index (χ3v) is 6.88. The molecule has 2 fully saturated rings. The van der Waals surface area contributed by atoms with E-state index in [0.717, 1.165) is 25.7 Å². The number of hydrogen-bond acceptors (Lipinski definition) is 8. The minimum absolute atomic E-state index is 0.0402. The number of hydroxylamine groups is 2. The summed E-state index contributed by atoms with van der Waals surface area (Å²) < 4.78 is 0. The summed E-state index contributed by atoms with van der Waals surface area (Å²) in [5.41, 5.74) is -0.102. The van der Waals surface area contributed by atoms with E-state index < -0.39 is 0 Å². The van der Waals surface area contributed by atoms with E-state index in [-0.39, 0.29) is 23.7 Å². The minimum Gasteiger partial charge on any atom is -0.395 e. The predicted molar refractivity (Wildman–Crippen MR) is 128 cm³/mol. The van der Waals surface area contributed by atoms with Crippen LogP contribution in [0.15, 0.2) is 6.33 Å². The molecule has 2 heterocycles. The van der Waals surface area contributed by atoms with Gasteiger partial charge in [0.25, 0.3) is 0 Å². The first-order valence-corrected chi connectivity index (χ1v) is 12.5. The van der Waals surface area contributed by atoms with E-state index in [4.69, 9.17) is 9.94 Å². The Hall–Kier alpha value is -1.51. The summed E-state index contributed by atoms with van der Waals surface area (Å²) >= 11 is 0. The topological polar surface area (TPSA) is 95.4 Å². The molecule has 182 valence electrons. The summed E-state index contributed by atoms with van der Waals surface area (Å²) in [5.74, 6) is 1.57. The Bertz CT molecular complexity index is 689. The van der Waals surface area contributed by atoms with Gasteiger partial charge < -0.3 is 15.7 Å². The van der Waals surface area contributed by atoms with Crippen LogP contribution in [0, 0.1) is 5.92 Å². The second kappa shape index (κ2) is 11.1. The Morgan fingerprint density at radius 2 is 1.75 bits per heavy atom. The average Bonchev–Trinajstić information content (AvgIpc) is 2.75. The van der Waals surface area contributed by atoms with Crippen LogP contribution in [0.3, 0.4) is 0 Å². The summed E-state index contributed by atoms with van der Waals surface area (Å²) in [6.45, 7) is 12.0. The van der Waals surface area contributed by atoms with Crippen LogP contribution in [0.1, 0.15) is 92.4 Å². The molecule has 0 radical (unpaired) electrons. The van der Waals surface area contributed by atoms with Crippen LogP contribution in [0.2, 0.25) is 0 Å². The fourth-order valence-corrected chi connectivity index (χ4v) is 5.75. The van der Waals surface area contributed by atoms with Crippen LogP contribution in [0.5, 0.6) is 0 Å². The van der Waals surface area contributed by atoms with E-state index in [0.29, 0.717) is 30.5 Å². The lowest BCUT2D eigenvalue weighted by Crippen LogP contribution is -2.63. The van der Waals surface area contributed by atoms with Gasteiger partial charge in [-0.05, 0) is 65.7 Å². The van der Waals surface area contributed by atoms with Gasteiger partial charge in [0.15, 0.2) is 0 Å². The Morgan fingerprint density at radius 3 is 2.38 bits per heavy atom. The summed E-state index contributed by atoms with van der Waals surface area (Å²) in [6, 6.07) is 0.281. The largest absolute Gasteiger partial charge is 0.395 e. The highest BCUT2D eigenvalue weighted by molar-refractivity contribution is 5.33. The highest BCUT2D eigenvalue weighted by Crippen LogP contribution is 2.45. The number of piperidine rings is 1. The van der Waals surface area contributed by atoms with Gasteiger partial charge >= 0.3 is 0 Å². The van der Waals surface area contributed by atoms with E-state index in [1.807, 2.05) is 0 Å². The van der Waals surface area contributed by atoms with Crippen molar-refractivity contribution in [3.05, 3.63) is 6.33 Å². The molecular weight excluding hydrogens is 404 g/mol. The zero-order valence-corrected chi connectivity index (χ0v) is 20.7. The van der Waals surface area contributed by atoms with Crippen molar-refractivity contribution in [2.75, 3.05) is 23.8 Å². The van der Waals surface area contributed by atoms with E-state index in [2.05, 4.69) is 65.3 Å². The lowest BCUT2D eigenvalue weighted by atomic mass is 9.71. The summed E-state index contributed by atoms with van der Waals surface area (Å²) in [6.07, 6.45) is 12.4. The summed E-state index contributed by atoms with van der Waals surface area (Å²) in [4.78, 5) is 19.7. The van der Waals surface area contributed by atoms with Gasteiger partial charge in [0.1, 0.15) is 6.33 Å². The standard InChI is InChI=1S/C24H44N6O2/c1-6-10-20(28-22-27-17-26-21(29-22)25-13-14-31)18-15-23(2,3)30(24(4,5)16-18)32-19-11-8-7-9-12-19/h17-20,31H,6-16H2,1-5H3,(H2,25,26,27,28,29). The van der Waals surface area contributed by atoms with Gasteiger partial charge in [0.2, 0.25) is 11.9 Å². The zero-order valence-electron chi connectivity index (χ0n) is 20.7. The molecule has 8 nitrogen and oxygen atoms in total. The third kappa shape index (κ3) is 6.51. The van der Waals surface area contributed by atoms with Crippen LogP contribution < -0.4 is 10.6 Å². The van der Waals surface area contributed by atoms with Crippen molar-refractivity contribution in [1.29, 1.82) is 0 Å². The van der Waals surface area contributed by atoms with Crippen molar-refractivity contribution in [2.45, 2.75) is 116 Å². The van der Waals surface area contributed by atoms with E-state index in [9.17, 15) is 0 Å². The van der Waals surface area contributed by atoms with Crippen LogP contribution >= 0.6 is 0 Å². The molecule has 1 aliphatic heterocycles. The Balaban J connectivity index is 1.72. The van der Waals surface area contributed by atoms with Crippen LogP contribution in [0.25, 0.3) is 0 Å². The maximum absolute atomic E-state index is 9.04. The van der Waals surface area contributed by atoms with Crippen molar-refractivity contribution >= 4 is 11.9 Å². The average molecular weight is 449 g/mol. The Morgan fingerprint density at radius 1 is 1.09 bits per heavy atom. The first-order chi connectivity index (χ1) is 15.2. The highest BCUT2D eigenvalue weighted by atomic mass is 16.7. The molecule has 0 spiro atoms. The lowest BCUT2D eigenvalue weighted by Gasteiger charge is -2.56. The molecular formula is C24H44N6O2. The second-order valence-electron chi connectivity index (χ2n) is 10.8. The molecule has 3 rings (SSSR count). The number of aromatic nitrogens is 3. The van der Waals surface area contributed by atoms with Gasteiger partial charge in [0, 0.05) is 23.7 Å². The van der Waals surface area contributed by atoms with Gasteiger partial charge in [-0.2, -0.15) is 10.0 Å². The smallest absolute Gasteiger partial charge is 0.227 e. The monoisotopic (exact) mass is 448 g/mol. The van der Waals surface area contributed by atoms with Gasteiger partial charge in [-0.15, -0.1) is 0 Å². The molecule has 3 N–H and O–H groups in total. The number of hydrogen-bond donors (Lipinski definition) is 3. The van der Waals surface area contributed by atoms with Crippen LogP contribution in [-0.2, 0) is 4.84 Å². The minimum atomic E-state index is -0.0511. The summed E-state index contributed by atoms with van der Waals surface area (Å²) in [5, 5.41) is 18.0. The number of nitrogens with one attached hydrogen (secondary N) is 2. The molecule has 1 unspecified atom stereocenters. The normalized spacial score (nSPS) is 23.1. The van der Waals surface area contributed by atoms with Gasteiger partial charge in [0.05, 0.1) is 12.7 Å². The molecule has 0 amide bonds. The van der Waals surface area contributed by atoms with Crippen molar-refractivity contribution in [1.82, 2.24) is 20.0 Å². The number of rotatable bonds is 10. The van der Waals surface area contributed by atoms with Crippen molar-refractivity contribution in [2.24, 2.45) is 5.92 Å². The van der Waals surface area contributed by atoms with Crippen molar-refractivity contribution < 1.29 is 9.94 Å². The first kappa shape index (κ1) is 25.1. The molecule has 1 saturated carbocycles. The predicted octanol–water partition coefficient (Wildman–Crippen LogP) is 4.39. The maximum atomic E-state index is 9.04. The highest BCUT2D eigenvalue weighted by Gasteiger charge is 2.49. The third-order valence-electron chi connectivity index (χ3n) is 6.88. The molecule has 1 atom stereocenters. The number of nitrogens with zero attached hydrogens (tertiary/aromatic N) is 4. The number of anilines is 2. The molecule has 1 aromatic rings. The molecule has 0 bridgehead atoms. The van der Waals surface area contributed by atoms with Crippen molar-refractivity contribution in [3.8, 4) is 0 Å².